The molecule has 1 heterocycles. The lowest BCUT2D eigenvalue weighted by atomic mass is 10.2. The lowest BCUT2D eigenvalue weighted by molar-refractivity contribution is 0.0972. The second-order valence-electron chi connectivity index (χ2n) is 4.70. The van der Waals surface area contributed by atoms with E-state index in [1.54, 1.807) is 0 Å². The number of ketones is 1. The van der Waals surface area contributed by atoms with Crippen LogP contribution < -0.4 is 11.1 Å². The number of nitrogens with one attached hydrogen (secondary N) is 1. The molecule has 0 saturated heterocycles. The summed E-state index contributed by atoms with van der Waals surface area (Å²) < 4.78 is 0. The summed E-state index contributed by atoms with van der Waals surface area (Å²) in [7, 11) is 0. The van der Waals surface area contributed by atoms with Crippen LogP contribution in [0.4, 0.5) is 10.7 Å². The SMILES string of the molecule is CC(C)=CCNc1cc(N)c(C(=O)C2CC2)s1. The molecule has 2 rings (SSSR count). The Bertz CT molecular complexity index is 454. The fourth-order valence-electron chi connectivity index (χ4n) is 1.57. The summed E-state index contributed by atoms with van der Waals surface area (Å²) in [6.07, 6.45) is 4.16. The summed E-state index contributed by atoms with van der Waals surface area (Å²) in [5.41, 5.74) is 7.77. The minimum absolute atomic E-state index is 0.225. The molecule has 0 radical (unpaired) electrons. The largest absolute Gasteiger partial charge is 0.397 e. The third kappa shape index (κ3) is 3.09. The molecule has 0 unspecified atom stereocenters. The van der Waals surface area contributed by atoms with Crippen LogP contribution in [0.25, 0.3) is 0 Å². The summed E-state index contributed by atoms with van der Waals surface area (Å²) in [5, 5.41) is 4.24. The minimum atomic E-state index is 0.225. The number of Topliss-reactive ketones (excluding diaryl/α,β-unsaturated/α-hetero) is 1. The maximum absolute atomic E-state index is 11.9. The number of hydrogen-bond donors (Lipinski definition) is 2. The van der Waals surface area contributed by atoms with Gasteiger partial charge in [0.1, 0.15) is 0 Å². The normalized spacial score (nSPS) is 14.5. The van der Waals surface area contributed by atoms with Crippen molar-refractivity contribution >= 4 is 27.8 Å². The highest BCUT2D eigenvalue weighted by Gasteiger charge is 2.32. The predicted octanol–water partition coefficient (Wildman–Crippen LogP) is 3.30. The zero-order valence-corrected chi connectivity index (χ0v) is 11.1. The molecule has 1 aromatic heterocycles. The minimum Gasteiger partial charge on any atom is -0.397 e. The van der Waals surface area contributed by atoms with Gasteiger partial charge in [0, 0.05) is 12.5 Å². The van der Waals surface area contributed by atoms with Crippen molar-refractivity contribution in [3.8, 4) is 0 Å². The Labute approximate surface area is 106 Å². The van der Waals surface area contributed by atoms with Crippen LogP contribution in [-0.2, 0) is 0 Å². The Hall–Kier alpha value is -1.29. The number of carbonyl (C=O) groups excluding carboxylic acids is 1. The molecule has 0 aliphatic heterocycles. The van der Waals surface area contributed by atoms with E-state index in [9.17, 15) is 4.79 Å². The predicted molar refractivity (Wildman–Crippen MR) is 73.7 cm³/mol. The van der Waals surface area contributed by atoms with E-state index in [0.29, 0.717) is 5.69 Å². The Morgan fingerprint density at radius 1 is 1.59 bits per heavy atom. The first-order chi connectivity index (χ1) is 8.08. The van der Waals surface area contributed by atoms with E-state index in [0.717, 1.165) is 29.3 Å². The first-order valence-corrected chi connectivity index (χ1v) is 6.70. The van der Waals surface area contributed by atoms with Gasteiger partial charge in [0.15, 0.2) is 5.78 Å². The van der Waals surface area contributed by atoms with Crippen molar-refractivity contribution in [1.82, 2.24) is 0 Å². The smallest absolute Gasteiger partial charge is 0.178 e. The van der Waals surface area contributed by atoms with Gasteiger partial charge in [-0.25, -0.2) is 0 Å². The van der Waals surface area contributed by atoms with Crippen molar-refractivity contribution in [3.63, 3.8) is 0 Å². The number of rotatable bonds is 5. The van der Waals surface area contributed by atoms with Gasteiger partial charge in [-0.3, -0.25) is 4.79 Å². The van der Waals surface area contributed by atoms with Crippen LogP contribution >= 0.6 is 11.3 Å². The van der Waals surface area contributed by atoms with Gasteiger partial charge >= 0.3 is 0 Å². The van der Waals surface area contributed by atoms with Crippen LogP contribution in [0.1, 0.15) is 36.4 Å². The average molecular weight is 250 g/mol. The number of allylic oxidation sites excluding steroid dienone is 1. The molecule has 92 valence electrons. The highest BCUT2D eigenvalue weighted by atomic mass is 32.1. The van der Waals surface area contributed by atoms with Crippen LogP contribution in [0.2, 0.25) is 0 Å². The molecule has 0 amide bonds. The van der Waals surface area contributed by atoms with Crippen molar-refractivity contribution in [2.75, 3.05) is 17.6 Å². The van der Waals surface area contributed by atoms with Crippen LogP contribution in [0.3, 0.4) is 0 Å². The average Bonchev–Trinajstić information content (AvgIpc) is 3.02. The zero-order chi connectivity index (χ0) is 12.4. The summed E-state index contributed by atoms with van der Waals surface area (Å²) in [5.74, 6) is 0.462. The molecule has 0 bridgehead atoms. The molecule has 4 heteroatoms. The van der Waals surface area contributed by atoms with Crippen molar-refractivity contribution in [2.24, 2.45) is 5.92 Å². The fraction of sp³-hybridized carbons (Fsp3) is 0.462. The van der Waals surface area contributed by atoms with Crippen LogP contribution in [-0.4, -0.2) is 12.3 Å². The molecular formula is C13H18N2OS. The highest BCUT2D eigenvalue weighted by molar-refractivity contribution is 7.18. The molecule has 3 N–H and O–H groups in total. The first kappa shape index (κ1) is 12.2. The Kier molecular flexibility index (Phi) is 3.52. The van der Waals surface area contributed by atoms with Crippen molar-refractivity contribution in [3.05, 3.63) is 22.6 Å². The van der Waals surface area contributed by atoms with Gasteiger partial charge in [0.2, 0.25) is 0 Å². The number of nitrogens with two attached hydrogens (primary N) is 1. The molecule has 0 spiro atoms. The number of thiophene rings is 1. The van der Waals surface area contributed by atoms with Crippen molar-refractivity contribution < 1.29 is 4.79 Å². The lowest BCUT2D eigenvalue weighted by Gasteiger charge is -1.98. The second kappa shape index (κ2) is 4.92. The van der Waals surface area contributed by atoms with Gasteiger partial charge in [-0.1, -0.05) is 11.6 Å². The molecular weight excluding hydrogens is 232 g/mol. The summed E-state index contributed by atoms with van der Waals surface area (Å²) in [6, 6.07) is 1.86. The number of hydrogen-bond acceptors (Lipinski definition) is 4. The second-order valence-corrected chi connectivity index (χ2v) is 5.75. The molecule has 1 aliphatic carbocycles. The monoisotopic (exact) mass is 250 g/mol. The highest BCUT2D eigenvalue weighted by Crippen LogP contribution is 2.38. The fourth-order valence-corrected chi connectivity index (χ4v) is 2.58. The van der Waals surface area contributed by atoms with E-state index < -0.39 is 0 Å². The maximum Gasteiger partial charge on any atom is 0.178 e. The summed E-state index contributed by atoms with van der Waals surface area (Å²) in [4.78, 5) is 12.6. The van der Waals surface area contributed by atoms with Gasteiger partial charge in [0.05, 0.1) is 15.6 Å². The van der Waals surface area contributed by atoms with Crippen LogP contribution in [0, 0.1) is 5.92 Å². The number of anilines is 2. The molecule has 3 nitrogen and oxygen atoms in total. The van der Waals surface area contributed by atoms with Crippen molar-refractivity contribution in [2.45, 2.75) is 26.7 Å². The van der Waals surface area contributed by atoms with Gasteiger partial charge in [0.25, 0.3) is 0 Å². The topological polar surface area (TPSA) is 55.1 Å². The molecule has 0 atom stereocenters. The van der Waals surface area contributed by atoms with Gasteiger partial charge < -0.3 is 11.1 Å². The molecule has 1 saturated carbocycles. The molecule has 1 aromatic rings. The standard InChI is InChI=1S/C13H18N2OS/c1-8(2)5-6-15-11-7-10(14)13(17-11)12(16)9-3-4-9/h5,7,9,15H,3-4,6,14H2,1-2H3. The van der Waals surface area contributed by atoms with E-state index in [4.69, 9.17) is 5.73 Å². The quantitative estimate of drug-likeness (QED) is 0.622. The third-order valence-corrected chi connectivity index (χ3v) is 3.84. The Balaban J connectivity index is 2.02. The van der Waals surface area contributed by atoms with Gasteiger partial charge in [-0.05, 0) is 32.8 Å². The number of carbonyl (C=O) groups is 1. The van der Waals surface area contributed by atoms with Gasteiger partial charge in [-0.2, -0.15) is 0 Å². The number of nitrogen functional groups attached to an aromatic ring is 1. The lowest BCUT2D eigenvalue weighted by Crippen LogP contribution is -2.01. The molecule has 1 aliphatic rings. The molecule has 17 heavy (non-hydrogen) atoms. The van der Waals surface area contributed by atoms with Gasteiger partial charge in [-0.15, -0.1) is 11.3 Å². The Morgan fingerprint density at radius 3 is 2.88 bits per heavy atom. The Morgan fingerprint density at radius 2 is 2.29 bits per heavy atom. The van der Waals surface area contributed by atoms with Crippen molar-refractivity contribution in [1.29, 1.82) is 0 Å². The van der Waals surface area contributed by atoms with E-state index in [-0.39, 0.29) is 11.7 Å². The summed E-state index contributed by atoms with van der Waals surface area (Å²) in [6.45, 7) is 4.90. The zero-order valence-electron chi connectivity index (χ0n) is 10.2. The molecule has 1 fully saturated rings. The van der Waals surface area contributed by atoms with E-state index in [1.807, 2.05) is 6.07 Å². The maximum atomic E-state index is 11.9. The van der Waals surface area contributed by atoms with E-state index in [2.05, 4.69) is 25.2 Å². The molecule has 0 aromatic carbocycles. The van der Waals surface area contributed by atoms with E-state index in [1.165, 1.54) is 16.9 Å². The van der Waals surface area contributed by atoms with Crippen LogP contribution in [0.15, 0.2) is 17.7 Å². The van der Waals surface area contributed by atoms with E-state index >= 15 is 0 Å². The van der Waals surface area contributed by atoms with Crippen LogP contribution in [0.5, 0.6) is 0 Å². The first-order valence-electron chi connectivity index (χ1n) is 5.88. The third-order valence-electron chi connectivity index (χ3n) is 2.72. The summed E-state index contributed by atoms with van der Waals surface area (Å²) >= 11 is 1.47.